The number of fused-ring (bicyclic) bond motifs is 2. The number of thiophene rings is 2. The van der Waals surface area contributed by atoms with Crippen molar-refractivity contribution in [2.24, 2.45) is 23.3 Å². The average molecular weight is 1130 g/mol. The fourth-order valence-corrected chi connectivity index (χ4v) is 11.1. The molecule has 0 bridgehead atoms. The molecule has 2 saturated heterocycles. The molecule has 0 spiro atoms. The Balaban J connectivity index is 0.000000270. The first-order valence-electron chi connectivity index (χ1n) is 26.6. The molecule has 19 nitrogen and oxygen atoms in total. The number of amides is 8. The SMILES string of the molecule is CC(C)C[C@@H](NC(=O)[C@@H](C)N)C(=O)NC1Cc2cccc(N3CCCC3=O)c2N(Cc2ccsc2)C1=O.CC(C)C[C@@H](NC(=O)[C@@H](C)N)C(=O)NC1Cc2cccc(N3CCCC3=O)c2N(Cc2ccsc2)C1=O.CCO.Cl. The van der Waals surface area contributed by atoms with Crippen LogP contribution < -0.4 is 52.3 Å². The normalized spacial score (nSPS) is 18.4. The van der Waals surface area contributed by atoms with Crippen LogP contribution in [0.15, 0.2) is 70.1 Å². The van der Waals surface area contributed by atoms with Crippen LogP contribution in [0, 0.1) is 11.8 Å². The second kappa shape index (κ2) is 29.1. The molecule has 2 fully saturated rings. The predicted molar refractivity (Wildman–Crippen MR) is 308 cm³/mol. The molecule has 6 atom stereocenters. The van der Waals surface area contributed by atoms with Crippen molar-refractivity contribution >= 4 is 105 Å². The van der Waals surface area contributed by atoms with Crippen molar-refractivity contribution in [3.63, 3.8) is 0 Å². The number of carbonyl (C=O) groups is 8. The van der Waals surface area contributed by atoms with E-state index in [0.717, 1.165) is 57.8 Å². The molecule has 0 aliphatic carbocycles. The number of benzene rings is 2. The maximum Gasteiger partial charge on any atom is 0.250 e. The minimum atomic E-state index is -0.801. The van der Waals surface area contributed by atoms with Gasteiger partial charge in [0.25, 0.3) is 0 Å². The van der Waals surface area contributed by atoms with Gasteiger partial charge in [-0.25, -0.2) is 0 Å². The van der Waals surface area contributed by atoms with E-state index >= 15 is 0 Å². The van der Waals surface area contributed by atoms with Crippen LogP contribution in [0.25, 0.3) is 0 Å². The Morgan fingerprint density at radius 3 is 1.28 bits per heavy atom. The van der Waals surface area contributed by atoms with Crippen LogP contribution in [0.2, 0.25) is 0 Å². The number of halogens is 1. The Morgan fingerprint density at radius 2 is 0.987 bits per heavy atom. The Kier molecular flexibility index (Phi) is 23.4. The molecule has 2 aromatic heterocycles. The van der Waals surface area contributed by atoms with E-state index in [1.54, 1.807) is 63.0 Å². The summed E-state index contributed by atoms with van der Waals surface area (Å²) in [5.74, 6) is -1.76. The highest BCUT2D eigenvalue weighted by atomic mass is 35.5. The van der Waals surface area contributed by atoms with Gasteiger partial charge in [-0.3, -0.25) is 38.4 Å². The molecule has 4 aliphatic rings. The zero-order valence-corrected chi connectivity index (χ0v) is 48.1. The molecule has 8 rings (SSSR count). The van der Waals surface area contributed by atoms with Gasteiger partial charge in [0.15, 0.2) is 0 Å². The van der Waals surface area contributed by atoms with E-state index < -0.39 is 59.9 Å². The first-order valence-corrected chi connectivity index (χ1v) is 28.4. The third kappa shape index (κ3) is 16.0. The number of hydrogen-bond acceptors (Lipinski definition) is 13. The highest BCUT2D eigenvalue weighted by Crippen LogP contribution is 2.42. The van der Waals surface area contributed by atoms with Crippen molar-refractivity contribution in [1.29, 1.82) is 0 Å². The maximum atomic E-state index is 13.9. The van der Waals surface area contributed by atoms with Crippen LogP contribution in [0.3, 0.4) is 0 Å². The number of hydrogen-bond donors (Lipinski definition) is 7. The Hall–Kier alpha value is -6.23. The lowest BCUT2D eigenvalue weighted by molar-refractivity contribution is -0.132. The van der Waals surface area contributed by atoms with E-state index in [2.05, 4.69) is 21.3 Å². The number of aliphatic hydroxyl groups is 1. The van der Waals surface area contributed by atoms with Gasteiger partial charge >= 0.3 is 0 Å². The summed E-state index contributed by atoms with van der Waals surface area (Å²) < 4.78 is 0. The summed E-state index contributed by atoms with van der Waals surface area (Å²) in [6.45, 7) is 14.8. The van der Waals surface area contributed by atoms with Gasteiger partial charge in [0.2, 0.25) is 47.3 Å². The highest BCUT2D eigenvalue weighted by Gasteiger charge is 2.41. The fraction of sp³-hybridized carbons (Fsp3) is 0.500. The fourth-order valence-electron chi connectivity index (χ4n) is 9.79. The Morgan fingerprint density at radius 1 is 0.615 bits per heavy atom. The van der Waals surface area contributed by atoms with Gasteiger partial charge in [0.1, 0.15) is 24.2 Å². The van der Waals surface area contributed by atoms with Crippen molar-refractivity contribution in [3.05, 3.63) is 92.3 Å². The van der Waals surface area contributed by atoms with Crippen molar-refractivity contribution in [2.45, 2.75) is 149 Å². The number of aliphatic hydroxyl groups excluding tert-OH is 1. The summed E-state index contributed by atoms with van der Waals surface area (Å²) in [7, 11) is 0. The molecule has 78 heavy (non-hydrogen) atoms. The molecular formula is C56H77ClN10O9S2. The first kappa shape index (κ1) is 62.6. The lowest BCUT2D eigenvalue weighted by atomic mass is 9.94. The lowest BCUT2D eigenvalue weighted by Gasteiger charge is -2.37. The van der Waals surface area contributed by atoms with E-state index in [0.29, 0.717) is 64.7 Å². The molecule has 4 aliphatic heterocycles. The quantitative estimate of drug-likeness (QED) is 0.0691. The van der Waals surface area contributed by atoms with Crippen molar-refractivity contribution in [1.82, 2.24) is 21.3 Å². The summed E-state index contributed by atoms with van der Waals surface area (Å²) in [4.78, 5) is 111. The van der Waals surface area contributed by atoms with E-state index in [-0.39, 0.29) is 54.5 Å². The van der Waals surface area contributed by atoms with Gasteiger partial charge < -0.3 is 57.4 Å². The molecule has 0 saturated carbocycles. The molecule has 0 radical (unpaired) electrons. The molecule has 4 aromatic rings. The molecule has 8 amide bonds. The molecular weight excluding hydrogens is 1060 g/mol. The minimum Gasteiger partial charge on any atom is -0.397 e. The Labute approximate surface area is 471 Å². The third-order valence-electron chi connectivity index (χ3n) is 13.4. The summed E-state index contributed by atoms with van der Waals surface area (Å²) in [6.07, 6.45) is 3.98. The first-order chi connectivity index (χ1) is 36.7. The Bertz CT molecular complexity index is 2540. The number of anilines is 4. The maximum absolute atomic E-state index is 13.9. The summed E-state index contributed by atoms with van der Waals surface area (Å²) in [5.41, 5.74) is 18.0. The van der Waals surface area contributed by atoms with Crippen LogP contribution in [0.5, 0.6) is 0 Å². The topological polar surface area (TPSA) is 270 Å². The lowest BCUT2D eigenvalue weighted by Crippen LogP contribution is -2.58. The van der Waals surface area contributed by atoms with Gasteiger partial charge in [-0.05, 0) is 126 Å². The van der Waals surface area contributed by atoms with E-state index in [9.17, 15) is 38.4 Å². The van der Waals surface area contributed by atoms with Gasteiger partial charge in [-0.1, -0.05) is 52.0 Å². The predicted octanol–water partition coefficient (Wildman–Crippen LogP) is 5.07. The second-order valence-corrected chi connectivity index (χ2v) is 22.3. The zero-order chi connectivity index (χ0) is 56.1. The molecule has 2 aromatic carbocycles. The van der Waals surface area contributed by atoms with Crippen LogP contribution in [0.1, 0.15) is 109 Å². The van der Waals surface area contributed by atoms with Gasteiger partial charge in [0.05, 0.1) is 47.9 Å². The summed E-state index contributed by atoms with van der Waals surface area (Å²) in [5, 5.41) is 26.7. The number of carbonyl (C=O) groups excluding carboxylic acids is 8. The van der Waals surface area contributed by atoms with Crippen LogP contribution in [0.4, 0.5) is 22.7 Å². The molecule has 2 unspecified atom stereocenters. The number of rotatable bonds is 18. The molecule has 22 heteroatoms. The van der Waals surface area contributed by atoms with Crippen LogP contribution in [-0.2, 0) is 64.3 Å². The minimum absolute atomic E-state index is 0. The number of nitrogens with one attached hydrogen (secondary N) is 4. The number of nitrogens with two attached hydrogens (primary N) is 2. The van der Waals surface area contributed by atoms with Crippen molar-refractivity contribution in [2.75, 3.05) is 39.3 Å². The third-order valence-corrected chi connectivity index (χ3v) is 14.9. The largest absolute Gasteiger partial charge is 0.397 e. The van der Waals surface area contributed by atoms with Gasteiger partial charge in [0, 0.05) is 45.4 Å². The van der Waals surface area contributed by atoms with E-state index in [1.807, 2.05) is 97.7 Å². The summed E-state index contributed by atoms with van der Waals surface area (Å²) in [6, 6.07) is 10.7. The number of para-hydroxylation sites is 2. The van der Waals surface area contributed by atoms with Crippen LogP contribution in [-0.4, -0.2) is 108 Å². The second-order valence-electron chi connectivity index (χ2n) is 20.8. The van der Waals surface area contributed by atoms with Crippen molar-refractivity contribution in [3.8, 4) is 0 Å². The summed E-state index contributed by atoms with van der Waals surface area (Å²) >= 11 is 3.09. The monoisotopic (exact) mass is 1130 g/mol. The smallest absolute Gasteiger partial charge is 0.250 e. The molecule has 6 heterocycles. The zero-order valence-electron chi connectivity index (χ0n) is 45.6. The molecule has 424 valence electrons. The van der Waals surface area contributed by atoms with E-state index in [4.69, 9.17) is 16.6 Å². The molecule has 9 N–H and O–H groups in total. The standard InChI is InChI=1S/2C27H35N5O4S.C2H6O.ClH/c2*1-16(2)12-20(29-25(34)17(3)28)26(35)30-21-13-19-6-4-7-22(31-10-5-8-23(31)33)24(19)32(27(21)36)14-18-9-11-37-15-18;1-2-3;/h2*4,6-7,9,11,15-17,20-21H,5,8,10,12-14,28H2,1-3H3,(H,29,34)(H,30,35);3H,2H2,1H3;1H/t2*17-,20-,21?;;/m11../s1. The van der Waals surface area contributed by atoms with Gasteiger partial charge in [-0.15, -0.1) is 12.4 Å². The van der Waals surface area contributed by atoms with Crippen molar-refractivity contribution < 1.29 is 43.5 Å². The highest BCUT2D eigenvalue weighted by molar-refractivity contribution is 7.08. The van der Waals surface area contributed by atoms with E-state index in [1.165, 1.54) is 0 Å². The average Bonchev–Trinajstić information content (AvgIpc) is 4.27. The number of nitrogens with zero attached hydrogens (tertiary/aromatic N) is 4. The van der Waals surface area contributed by atoms with Crippen LogP contribution >= 0.6 is 35.1 Å². The van der Waals surface area contributed by atoms with Gasteiger partial charge in [-0.2, -0.15) is 22.7 Å².